The van der Waals surface area contributed by atoms with Crippen LogP contribution in [0.3, 0.4) is 0 Å². The average Bonchev–Trinajstić information content (AvgIpc) is 3.12. The Morgan fingerprint density at radius 1 is 1.50 bits per heavy atom. The molecule has 1 aliphatic carbocycles. The van der Waals surface area contributed by atoms with Crippen molar-refractivity contribution in [3.63, 3.8) is 0 Å². The minimum atomic E-state index is 0.102. The quantitative estimate of drug-likeness (QED) is 0.783. The van der Waals surface area contributed by atoms with Crippen molar-refractivity contribution in [2.24, 2.45) is 0 Å². The van der Waals surface area contributed by atoms with Crippen molar-refractivity contribution in [2.75, 3.05) is 26.0 Å². The molecule has 1 saturated carbocycles. The number of aromatic nitrogens is 1. The minimum absolute atomic E-state index is 0.102. The SMILES string of the molecule is CNc1cccc(CN(C)CC(=O)NC2CC2)n1. The number of carbonyl (C=O) groups excluding carboxylic acids is 1. The number of hydrogen-bond donors (Lipinski definition) is 2. The third-order valence-electron chi connectivity index (χ3n) is 2.85. The van der Waals surface area contributed by atoms with E-state index in [0.717, 1.165) is 24.4 Å². The second kappa shape index (κ2) is 5.82. The van der Waals surface area contributed by atoms with E-state index in [-0.39, 0.29) is 5.91 Å². The maximum Gasteiger partial charge on any atom is 0.234 e. The van der Waals surface area contributed by atoms with Crippen LogP contribution in [0, 0.1) is 0 Å². The average molecular weight is 248 g/mol. The van der Waals surface area contributed by atoms with Gasteiger partial charge in [-0.05, 0) is 32.0 Å². The van der Waals surface area contributed by atoms with Crippen LogP contribution in [-0.4, -0.2) is 42.5 Å². The highest BCUT2D eigenvalue weighted by molar-refractivity contribution is 5.78. The van der Waals surface area contributed by atoms with Crippen molar-refractivity contribution in [3.8, 4) is 0 Å². The number of nitrogens with one attached hydrogen (secondary N) is 2. The molecular weight excluding hydrogens is 228 g/mol. The monoisotopic (exact) mass is 248 g/mol. The van der Waals surface area contributed by atoms with E-state index in [1.165, 1.54) is 0 Å². The summed E-state index contributed by atoms with van der Waals surface area (Å²) >= 11 is 0. The van der Waals surface area contributed by atoms with Crippen molar-refractivity contribution < 1.29 is 4.79 Å². The molecule has 0 atom stereocenters. The normalized spacial score (nSPS) is 14.6. The van der Waals surface area contributed by atoms with E-state index in [0.29, 0.717) is 19.1 Å². The van der Waals surface area contributed by atoms with Gasteiger partial charge in [0.1, 0.15) is 5.82 Å². The van der Waals surface area contributed by atoms with E-state index in [2.05, 4.69) is 15.6 Å². The number of amides is 1. The number of nitrogens with zero attached hydrogens (tertiary/aromatic N) is 2. The Kier molecular flexibility index (Phi) is 4.15. The van der Waals surface area contributed by atoms with E-state index in [1.54, 1.807) is 0 Å². The number of rotatable bonds is 6. The fourth-order valence-corrected chi connectivity index (χ4v) is 1.79. The minimum Gasteiger partial charge on any atom is -0.373 e. The van der Waals surface area contributed by atoms with Crippen molar-refractivity contribution in [3.05, 3.63) is 23.9 Å². The predicted molar refractivity (Wildman–Crippen MR) is 71.3 cm³/mol. The molecule has 0 aromatic carbocycles. The Labute approximate surface area is 108 Å². The molecule has 0 spiro atoms. The molecule has 1 fully saturated rings. The van der Waals surface area contributed by atoms with Gasteiger partial charge in [-0.3, -0.25) is 9.69 Å². The zero-order chi connectivity index (χ0) is 13.0. The van der Waals surface area contributed by atoms with Crippen LogP contribution in [0.4, 0.5) is 5.82 Å². The maximum atomic E-state index is 11.6. The highest BCUT2D eigenvalue weighted by Gasteiger charge is 2.23. The zero-order valence-electron chi connectivity index (χ0n) is 10.9. The molecule has 5 nitrogen and oxygen atoms in total. The number of hydrogen-bond acceptors (Lipinski definition) is 4. The van der Waals surface area contributed by atoms with Crippen LogP contribution in [-0.2, 0) is 11.3 Å². The van der Waals surface area contributed by atoms with Gasteiger partial charge in [0.15, 0.2) is 0 Å². The molecule has 0 bridgehead atoms. The summed E-state index contributed by atoms with van der Waals surface area (Å²) in [4.78, 5) is 18.0. The highest BCUT2D eigenvalue weighted by Crippen LogP contribution is 2.18. The van der Waals surface area contributed by atoms with E-state index >= 15 is 0 Å². The summed E-state index contributed by atoms with van der Waals surface area (Å²) in [5.74, 6) is 0.952. The molecule has 1 aromatic rings. The molecule has 0 saturated heterocycles. The first kappa shape index (κ1) is 12.8. The molecule has 1 aromatic heterocycles. The van der Waals surface area contributed by atoms with Gasteiger partial charge in [0.2, 0.25) is 5.91 Å². The second-order valence-electron chi connectivity index (χ2n) is 4.78. The summed E-state index contributed by atoms with van der Waals surface area (Å²) in [5.41, 5.74) is 0.962. The summed E-state index contributed by atoms with van der Waals surface area (Å²) in [5, 5.41) is 5.99. The van der Waals surface area contributed by atoms with Gasteiger partial charge in [-0.1, -0.05) is 6.07 Å². The first-order chi connectivity index (χ1) is 8.67. The molecule has 1 amide bonds. The number of carbonyl (C=O) groups is 1. The van der Waals surface area contributed by atoms with Gasteiger partial charge in [-0.2, -0.15) is 0 Å². The molecule has 18 heavy (non-hydrogen) atoms. The molecule has 2 rings (SSSR count). The van der Waals surface area contributed by atoms with Crippen molar-refractivity contribution >= 4 is 11.7 Å². The first-order valence-electron chi connectivity index (χ1n) is 6.29. The van der Waals surface area contributed by atoms with Crippen LogP contribution in [0.1, 0.15) is 18.5 Å². The fraction of sp³-hybridized carbons (Fsp3) is 0.538. The van der Waals surface area contributed by atoms with Gasteiger partial charge in [-0.25, -0.2) is 4.98 Å². The molecule has 98 valence electrons. The zero-order valence-corrected chi connectivity index (χ0v) is 10.9. The lowest BCUT2D eigenvalue weighted by Gasteiger charge is -2.16. The van der Waals surface area contributed by atoms with Crippen LogP contribution in [0.25, 0.3) is 0 Å². The maximum absolute atomic E-state index is 11.6. The Balaban J connectivity index is 1.81. The third-order valence-corrected chi connectivity index (χ3v) is 2.85. The summed E-state index contributed by atoms with van der Waals surface area (Å²) in [6.45, 7) is 1.09. The smallest absolute Gasteiger partial charge is 0.234 e. The number of pyridine rings is 1. The fourth-order valence-electron chi connectivity index (χ4n) is 1.79. The van der Waals surface area contributed by atoms with Crippen LogP contribution in [0.15, 0.2) is 18.2 Å². The Bertz CT molecular complexity index is 417. The van der Waals surface area contributed by atoms with Crippen molar-refractivity contribution in [1.29, 1.82) is 0 Å². The van der Waals surface area contributed by atoms with Gasteiger partial charge in [0.05, 0.1) is 12.2 Å². The third kappa shape index (κ3) is 4.00. The Hall–Kier alpha value is -1.62. The lowest BCUT2D eigenvalue weighted by Crippen LogP contribution is -2.36. The summed E-state index contributed by atoms with van der Waals surface area (Å²) < 4.78 is 0. The molecule has 1 aliphatic rings. The number of anilines is 1. The summed E-state index contributed by atoms with van der Waals surface area (Å²) in [7, 11) is 3.78. The molecule has 0 aliphatic heterocycles. The second-order valence-corrected chi connectivity index (χ2v) is 4.78. The van der Waals surface area contributed by atoms with Gasteiger partial charge < -0.3 is 10.6 Å². The van der Waals surface area contributed by atoms with E-state index in [1.807, 2.05) is 37.2 Å². The molecule has 0 radical (unpaired) electrons. The number of likely N-dealkylation sites (N-methyl/N-ethyl adjacent to an activating group) is 1. The predicted octanol–water partition coefficient (Wildman–Crippen LogP) is 0.834. The topological polar surface area (TPSA) is 57.3 Å². The van der Waals surface area contributed by atoms with E-state index in [9.17, 15) is 4.79 Å². The van der Waals surface area contributed by atoms with Crippen LogP contribution >= 0.6 is 0 Å². The molecule has 5 heteroatoms. The van der Waals surface area contributed by atoms with Crippen molar-refractivity contribution in [1.82, 2.24) is 15.2 Å². The van der Waals surface area contributed by atoms with E-state index in [4.69, 9.17) is 0 Å². The van der Waals surface area contributed by atoms with Crippen LogP contribution < -0.4 is 10.6 Å². The molecular formula is C13H20N4O. The first-order valence-corrected chi connectivity index (χ1v) is 6.29. The Morgan fingerprint density at radius 2 is 2.28 bits per heavy atom. The summed E-state index contributed by atoms with van der Waals surface area (Å²) in [6.07, 6.45) is 2.25. The van der Waals surface area contributed by atoms with Gasteiger partial charge in [0.25, 0.3) is 0 Å². The highest BCUT2D eigenvalue weighted by atomic mass is 16.2. The lowest BCUT2D eigenvalue weighted by atomic mass is 10.3. The van der Waals surface area contributed by atoms with E-state index < -0.39 is 0 Å². The van der Waals surface area contributed by atoms with Crippen molar-refractivity contribution in [2.45, 2.75) is 25.4 Å². The van der Waals surface area contributed by atoms with Gasteiger partial charge in [0, 0.05) is 19.6 Å². The lowest BCUT2D eigenvalue weighted by molar-refractivity contribution is -0.122. The summed E-state index contributed by atoms with van der Waals surface area (Å²) in [6, 6.07) is 6.28. The van der Waals surface area contributed by atoms with Gasteiger partial charge in [-0.15, -0.1) is 0 Å². The largest absolute Gasteiger partial charge is 0.373 e. The standard InChI is InChI=1S/C13H20N4O/c1-14-12-5-3-4-11(15-12)8-17(2)9-13(18)16-10-6-7-10/h3-5,10H,6-9H2,1-2H3,(H,14,15)(H,16,18). The van der Waals surface area contributed by atoms with Gasteiger partial charge >= 0.3 is 0 Å². The van der Waals surface area contributed by atoms with Crippen LogP contribution in [0.5, 0.6) is 0 Å². The molecule has 1 heterocycles. The van der Waals surface area contributed by atoms with Crippen LogP contribution in [0.2, 0.25) is 0 Å². The Morgan fingerprint density at radius 3 is 2.94 bits per heavy atom. The molecule has 0 unspecified atom stereocenters. The molecule has 2 N–H and O–H groups in total.